The van der Waals surface area contributed by atoms with Gasteiger partial charge in [0.05, 0.1) is 12.5 Å². The number of nitrogens with one attached hydrogen (secondary N) is 1. The predicted octanol–water partition coefficient (Wildman–Crippen LogP) is 3.43. The molecule has 7 nitrogen and oxygen atoms in total. The number of hydrogen-bond acceptors (Lipinski definition) is 8. The molecule has 0 aliphatic rings. The molecule has 9 heteroatoms. The molecule has 0 fully saturated rings. The van der Waals surface area contributed by atoms with E-state index in [1.54, 1.807) is 28.5 Å². The Morgan fingerprint density at radius 3 is 2.43 bits per heavy atom. The van der Waals surface area contributed by atoms with E-state index in [4.69, 9.17) is 9.47 Å². The molecule has 28 heavy (non-hydrogen) atoms. The van der Waals surface area contributed by atoms with Crippen molar-refractivity contribution < 1.29 is 28.6 Å². The zero-order valence-corrected chi connectivity index (χ0v) is 18.0. The fourth-order valence-corrected chi connectivity index (χ4v) is 4.16. The molecule has 0 radical (unpaired) electrons. The van der Waals surface area contributed by atoms with Gasteiger partial charge in [-0.3, -0.25) is 9.59 Å². The molecule has 0 aliphatic carbocycles. The van der Waals surface area contributed by atoms with Crippen LogP contribution < -0.4 is 5.32 Å². The molecule has 156 valence electrons. The van der Waals surface area contributed by atoms with Crippen LogP contribution in [0.3, 0.4) is 0 Å². The fraction of sp³-hybridized carbons (Fsp3) is 0.526. The summed E-state index contributed by atoms with van der Waals surface area (Å²) in [6, 6.07) is 9.73. The molecule has 0 spiro atoms. The molecule has 1 unspecified atom stereocenters. The number of benzene rings is 1. The first-order chi connectivity index (χ1) is 13.5. The lowest BCUT2D eigenvalue weighted by molar-refractivity contribution is -0.167. The van der Waals surface area contributed by atoms with Gasteiger partial charge in [0.1, 0.15) is 6.54 Å². The van der Waals surface area contributed by atoms with Gasteiger partial charge < -0.3 is 19.5 Å². The van der Waals surface area contributed by atoms with Crippen LogP contribution in [0.15, 0.2) is 30.3 Å². The predicted molar refractivity (Wildman–Crippen MR) is 111 cm³/mol. The van der Waals surface area contributed by atoms with Crippen LogP contribution in [0.4, 0.5) is 4.79 Å². The Labute approximate surface area is 173 Å². The van der Waals surface area contributed by atoms with Crippen molar-refractivity contribution in [3.05, 3.63) is 35.9 Å². The second-order valence-corrected chi connectivity index (χ2v) is 8.45. The molecule has 1 amide bonds. The maximum Gasteiger partial charge on any atom is 0.511 e. The zero-order chi connectivity index (χ0) is 20.8. The minimum atomic E-state index is -1.10. The average Bonchev–Trinajstić information content (AvgIpc) is 2.66. The first-order valence-electron chi connectivity index (χ1n) is 9.05. The molecule has 0 aliphatic heterocycles. The summed E-state index contributed by atoms with van der Waals surface area (Å²) in [6.07, 6.45) is -1.43. The summed E-state index contributed by atoms with van der Waals surface area (Å²) in [7, 11) is 3.33. The molecule has 0 heterocycles. The highest BCUT2D eigenvalue weighted by atomic mass is 33.1. The third-order valence-corrected chi connectivity index (χ3v) is 5.95. The van der Waals surface area contributed by atoms with Crippen LogP contribution in [0.1, 0.15) is 26.3 Å². The van der Waals surface area contributed by atoms with Crippen LogP contribution in [0.2, 0.25) is 0 Å². The van der Waals surface area contributed by atoms with Crippen LogP contribution in [-0.2, 0) is 30.2 Å². The van der Waals surface area contributed by atoms with E-state index in [0.717, 1.165) is 11.3 Å². The number of hydrogen-bond donors (Lipinski definition) is 1. The second-order valence-electron chi connectivity index (χ2n) is 5.65. The fourth-order valence-electron chi connectivity index (χ4n) is 2.18. The summed E-state index contributed by atoms with van der Waals surface area (Å²) in [5, 5.41) is 2.61. The minimum Gasteiger partial charge on any atom is -0.435 e. The number of esters is 1. The SMILES string of the molecule is CCOC(=O)OC(C)OC(=O)CNC(=O)[C@@H](CSSCC)Cc1ccccc1. The third kappa shape index (κ3) is 10.5. The van der Waals surface area contributed by atoms with E-state index in [0.29, 0.717) is 12.2 Å². The van der Waals surface area contributed by atoms with E-state index < -0.39 is 18.4 Å². The molecular weight excluding hydrogens is 402 g/mol. The maximum atomic E-state index is 12.5. The highest BCUT2D eigenvalue weighted by Gasteiger charge is 2.21. The molecule has 0 saturated heterocycles. The van der Waals surface area contributed by atoms with E-state index >= 15 is 0 Å². The minimum absolute atomic E-state index is 0.159. The Kier molecular flexibility index (Phi) is 12.2. The lowest BCUT2D eigenvalue weighted by Crippen LogP contribution is -2.38. The molecule has 0 saturated carbocycles. The summed E-state index contributed by atoms with van der Waals surface area (Å²) in [5.41, 5.74) is 1.06. The standard InChI is InChI=1S/C19H27NO6S2/c1-4-24-19(23)26-14(3)25-17(21)12-20-18(22)16(13-28-27-5-2)11-15-9-7-6-8-10-15/h6-10,14,16H,4-5,11-13H2,1-3H3,(H,20,22)/t14?,16-/m1/s1. The normalized spacial score (nSPS) is 12.5. The summed E-state index contributed by atoms with van der Waals surface area (Å²) in [6.45, 7) is 4.95. The van der Waals surface area contributed by atoms with Crippen molar-refractivity contribution in [1.82, 2.24) is 5.32 Å². The molecule has 1 aromatic carbocycles. The van der Waals surface area contributed by atoms with E-state index in [9.17, 15) is 14.4 Å². The highest BCUT2D eigenvalue weighted by molar-refractivity contribution is 8.76. The number of rotatable bonds is 12. The number of amides is 1. The van der Waals surface area contributed by atoms with Gasteiger partial charge in [0.15, 0.2) is 0 Å². The number of carbonyl (C=O) groups excluding carboxylic acids is 3. The van der Waals surface area contributed by atoms with E-state index in [1.165, 1.54) is 6.92 Å². The molecule has 1 N–H and O–H groups in total. The van der Waals surface area contributed by atoms with Crippen LogP contribution in [0, 0.1) is 5.92 Å². The van der Waals surface area contributed by atoms with E-state index in [1.807, 2.05) is 30.3 Å². The van der Waals surface area contributed by atoms with Crippen molar-refractivity contribution >= 4 is 39.6 Å². The monoisotopic (exact) mass is 429 g/mol. The second kappa shape index (κ2) is 14.2. The van der Waals surface area contributed by atoms with Crippen molar-refractivity contribution in [2.45, 2.75) is 33.5 Å². The Bertz CT molecular complexity index is 614. The van der Waals surface area contributed by atoms with Crippen molar-refractivity contribution in [3.63, 3.8) is 0 Å². The Hall–Kier alpha value is -1.87. The van der Waals surface area contributed by atoms with Crippen LogP contribution in [-0.4, -0.2) is 49.0 Å². The van der Waals surface area contributed by atoms with Crippen LogP contribution in [0.25, 0.3) is 0 Å². The maximum absolute atomic E-state index is 12.5. The van der Waals surface area contributed by atoms with Gasteiger partial charge in [0.2, 0.25) is 12.2 Å². The summed E-state index contributed by atoms with van der Waals surface area (Å²) in [5.74, 6) is 0.404. The van der Waals surface area contributed by atoms with Gasteiger partial charge in [-0.2, -0.15) is 0 Å². The van der Waals surface area contributed by atoms with Gasteiger partial charge in [-0.1, -0.05) is 58.8 Å². The molecule has 1 rings (SSSR count). The van der Waals surface area contributed by atoms with E-state index in [-0.39, 0.29) is 25.0 Å². The van der Waals surface area contributed by atoms with Crippen LogP contribution >= 0.6 is 21.6 Å². The lowest BCUT2D eigenvalue weighted by Gasteiger charge is -2.17. The Balaban J connectivity index is 2.49. The lowest BCUT2D eigenvalue weighted by atomic mass is 10.0. The molecule has 2 atom stereocenters. The quantitative estimate of drug-likeness (QED) is 0.234. The van der Waals surface area contributed by atoms with Crippen molar-refractivity contribution in [3.8, 4) is 0 Å². The third-order valence-electron chi connectivity index (χ3n) is 3.39. The highest BCUT2D eigenvalue weighted by Crippen LogP contribution is 2.25. The average molecular weight is 430 g/mol. The Morgan fingerprint density at radius 2 is 1.79 bits per heavy atom. The largest absolute Gasteiger partial charge is 0.511 e. The van der Waals surface area contributed by atoms with Gasteiger partial charge in [-0.25, -0.2) is 4.79 Å². The molecular formula is C19H27NO6S2. The van der Waals surface area contributed by atoms with Gasteiger partial charge >= 0.3 is 12.1 Å². The Morgan fingerprint density at radius 1 is 1.07 bits per heavy atom. The summed E-state index contributed by atoms with van der Waals surface area (Å²) >= 11 is 0. The van der Waals surface area contributed by atoms with Gasteiger partial charge in [-0.05, 0) is 18.9 Å². The van der Waals surface area contributed by atoms with Crippen molar-refractivity contribution in [2.24, 2.45) is 5.92 Å². The smallest absolute Gasteiger partial charge is 0.435 e. The molecule has 0 bridgehead atoms. The van der Waals surface area contributed by atoms with Crippen molar-refractivity contribution in [1.29, 1.82) is 0 Å². The van der Waals surface area contributed by atoms with E-state index in [2.05, 4.69) is 17.0 Å². The van der Waals surface area contributed by atoms with Crippen molar-refractivity contribution in [2.75, 3.05) is 24.7 Å². The number of carbonyl (C=O) groups is 3. The molecule has 0 aromatic heterocycles. The van der Waals surface area contributed by atoms with Crippen LogP contribution in [0.5, 0.6) is 0 Å². The number of ether oxygens (including phenoxy) is 3. The first kappa shape index (κ1) is 24.2. The topological polar surface area (TPSA) is 90.9 Å². The van der Waals surface area contributed by atoms with Gasteiger partial charge in [0, 0.05) is 18.4 Å². The summed E-state index contributed by atoms with van der Waals surface area (Å²) < 4.78 is 14.3. The van der Waals surface area contributed by atoms with Gasteiger partial charge in [0.25, 0.3) is 0 Å². The molecule has 1 aromatic rings. The first-order valence-corrected chi connectivity index (χ1v) is 11.5. The zero-order valence-electron chi connectivity index (χ0n) is 16.3. The summed E-state index contributed by atoms with van der Waals surface area (Å²) in [4.78, 5) is 35.6. The van der Waals surface area contributed by atoms with Gasteiger partial charge in [-0.15, -0.1) is 0 Å².